The Labute approximate surface area is 194 Å². The van der Waals surface area contributed by atoms with E-state index in [2.05, 4.69) is 57.2 Å². The van der Waals surface area contributed by atoms with E-state index in [9.17, 15) is 14.9 Å². The number of aromatic nitrogens is 1. The van der Waals surface area contributed by atoms with Gasteiger partial charge in [0.05, 0.1) is 15.1 Å². The highest BCUT2D eigenvalue weighted by atomic mass is 127. The molecule has 0 unspecified atom stereocenters. The SMILES string of the molecule is O=C(Nc1ccc2nc(SCc3ccc(I)cc3)sc2c1)c1ccccc1[N+](=O)[O-]. The number of carbonyl (C=O) groups excluding carboxylic acids is 1. The van der Waals surface area contributed by atoms with Crippen LogP contribution in [0.1, 0.15) is 15.9 Å². The van der Waals surface area contributed by atoms with Gasteiger partial charge in [0.2, 0.25) is 0 Å². The number of amides is 1. The summed E-state index contributed by atoms with van der Waals surface area (Å²) in [7, 11) is 0. The van der Waals surface area contributed by atoms with Gasteiger partial charge in [-0.3, -0.25) is 14.9 Å². The summed E-state index contributed by atoms with van der Waals surface area (Å²) in [6.45, 7) is 0. The first-order valence-corrected chi connectivity index (χ1v) is 11.7. The zero-order valence-electron chi connectivity index (χ0n) is 15.4. The fourth-order valence-corrected chi connectivity index (χ4v) is 5.22. The van der Waals surface area contributed by atoms with E-state index in [1.54, 1.807) is 35.2 Å². The monoisotopic (exact) mass is 547 g/mol. The zero-order chi connectivity index (χ0) is 21.1. The van der Waals surface area contributed by atoms with Gasteiger partial charge in [-0.15, -0.1) is 11.3 Å². The van der Waals surface area contributed by atoms with Crippen LogP contribution < -0.4 is 5.32 Å². The first-order chi connectivity index (χ1) is 14.5. The first-order valence-electron chi connectivity index (χ1n) is 8.82. The van der Waals surface area contributed by atoms with Crippen LogP contribution in [0.25, 0.3) is 10.2 Å². The van der Waals surface area contributed by atoms with Crippen LogP contribution in [0.4, 0.5) is 11.4 Å². The highest BCUT2D eigenvalue weighted by molar-refractivity contribution is 14.1. The number of hydrogen-bond acceptors (Lipinski definition) is 6. The lowest BCUT2D eigenvalue weighted by Crippen LogP contribution is -2.13. The molecule has 0 saturated heterocycles. The summed E-state index contributed by atoms with van der Waals surface area (Å²) >= 11 is 5.51. The Kier molecular flexibility index (Phi) is 6.30. The standard InChI is InChI=1S/C21H14IN3O3S2/c22-14-7-5-13(6-8-14)12-29-21-24-17-10-9-15(11-19(17)30-21)23-20(26)16-3-1-2-4-18(16)25(27)28/h1-11H,12H2,(H,23,26). The molecule has 0 aliphatic heterocycles. The molecule has 0 aliphatic rings. The van der Waals surface area contributed by atoms with Gasteiger partial charge in [0, 0.05) is 21.1 Å². The minimum atomic E-state index is -0.557. The number of anilines is 1. The third-order valence-corrected chi connectivity index (χ3v) is 7.20. The number of nitro benzene ring substituents is 1. The van der Waals surface area contributed by atoms with Crippen molar-refractivity contribution in [3.05, 3.63) is 91.5 Å². The van der Waals surface area contributed by atoms with Crippen molar-refractivity contribution in [1.82, 2.24) is 4.98 Å². The number of halogens is 1. The van der Waals surface area contributed by atoms with Crippen LogP contribution in [0.15, 0.2) is 71.1 Å². The Bertz CT molecular complexity index is 1240. The molecule has 4 aromatic rings. The number of rotatable bonds is 6. The lowest BCUT2D eigenvalue weighted by molar-refractivity contribution is -0.385. The molecule has 6 nitrogen and oxygen atoms in total. The maximum Gasteiger partial charge on any atom is 0.282 e. The van der Waals surface area contributed by atoms with E-state index in [0.717, 1.165) is 20.3 Å². The molecular formula is C21H14IN3O3S2. The Hall–Kier alpha value is -2.50. The summed E-state index contributed by atoms with van der Waals surface area (Å²) < 4.78 is 3.10. The van der Waals surface area contributed by atoms with Crippen molar-refractivity contribution < 1.29 is 9.72 Å². The van der Waals surface area contributed by atoms with Crippen molar-refractivity contribution in [1.29, 1.82) is 0 Å². The van der Waals surface area contributed by atoms with E-state index in [1.807, 2.05) is 12.1 Å². The second-order valence-corrected chi connectivity index (χ2v) is 9.80. The molecule has 150 valence electrons. The topological polar surface area (TPSA) is 85.1 Å². The Morgan fingerprint density at radius 3 is 2.67 bits per heavy atom. The molecule has 0 atom stereocenters. The van der Waals surface area contributed by atoms with Crippen LogP contribution in [0, 0.1) is 13.7 Å². The molecule has 1 amide bonds. The molecule has 0 saturated carbocycles. The van der Waals surface area contributed by atoms with Crippen LogP contribution in [0.3, 0.4) is 0 Å². The molecule has 9 heteroatoms. The van der Waals surface area contributed by atoms with Crippen molar-refractivity contribution in [2.45, 2.75) is 10.1 Å². The highest BCUT2D eigenvalue weighted by Crippen LogP contribution is 2.33. The number of para-hydroxylation sites is 1. The number of benzene rings is 3. The normalized spacial score (nSPS) is 10.8. The summed E-state index contributed by atoms with van der Waals surface area (Å²) in [5, 5.41) is 13.9. The predicted octanol–water partition coefficient (Wildman–Crippen LogP) is 6.35. The Morgan fingerprint density at radius 2 is 1.90 bits per heavy atom. The number of nitrogens with zero attached hydrogens (tertiary/aromatic N) is 2. The van der Waals surface area contributed by atoms with E-state index in [0.29, 0.717) is 5.69 Å². The Morgan fingerprint density at radius 1 is 1.13 bits per heavy atom. The molecule has 0 bridgehead atoms. The molecule has 0 aliphatic carbocycles. The maximum absolute atomic E-state index is 12.5. The van der Waals surface area contributed by atoms with Crippen LogP contribution in [0.5, 0.6) is 0 Å². The average Bonchev–Trinajstić information content (AvgIpc) is 3.15. The number of nitrogens with one attached hydrogen (secondary N) is 1. The van der Waals surface area contributed by atoms with Crippen molar-refractivity contribution in [2.75, 3.05) is 5.32 Å². The zero-order valence-corrected chi connectivity index (χ0v) is 19.2. The van der Waals surface area contributed by atoms with Gasteiger partial charge >= 0.3 is 0 Å². The lowest BCUT2D eigenvalue weighted by Gasteiger charge is -2.05. The molecular weight excluding hydrogens is 533 g/mol. The largest absolute Gasteiger partial charge is 0.322 e. The van der Waals surface area contributed by atoms with Crippen LogP contribution in [0.2, 0.25) is 0 Å². The van der Waals surface area contributed by atoms with Crippen LogP contribution >= 0.6 is 45.7 Å². The average molecular weight is 547 g/mol. The second kappa shape index (κ2) is 9.11. The molecule has 3 aromatic carbocycles. The van der Waals surface area contributed by atoms with Crippen molar-refractivity contribution in [2.24, 2.45) is 0 Å². The number of hydrogen-bond donors (Lipinski definition) is 1. The van der Waals surface area contributed by atoms with E-state index in [4.69, 9.17) is 0 Å². The van der Waals surface area contributed by atoms with Gasteiger partial charge in [0.15, 0.2) is 4.34 Å². The lowest BCUT2D eigenvalue weighted by atomic mass is 10.1. The van der Waals surface area contributed by atoms with Gasteiger partial charge in [-0.1, -0.05) is 36.0 Å². The third kappa shape index (κ3) is 4.79. The fourth-order valence-electron chi connectivity index (χ4n) is 2.79. The number of thioether (sulfide) groups is 1. The van der Waals surface area contributed by atoms with E-state index >= 15 is 0 Å². The third-order valence-electron chi connectivity index (χ3n) is 4.25. The second-order valence-electron chi connectivity index (χ2n) is 6.31. The summed E-state index contributed by atoms with van der Waals surface area (Å²) in [6, 6.07) is 19.7. The number of nitro groups is 1. The van der Waals surface area contributed by atoms with E-state index in [1.165, 1.54) is 27.3 Å². The minimum Gasteiger partial charge on any atom is -0.322 e. The van der Waals surface area contributed by atoms with Gasteiger partial charge in [0.1, 0.15) is 5.56 Å². The molecule has 1 aromatic heterocycles. The molecule has 1 heterocycles. The number of carbonyl (C=O) groups is 1. The van der Waals surface area contributed by atoms with Gasteiger partial charge in [-0.25, -0.2) is 4.98 Å². The fraction of sp³-hybridized carbons (Fsp3) is 0.0476. The minimum absolute atomic E-state index is 0.0284. The highest BCUT2D eigenvalue weighted by Gasteiger charge is 2.19. The quantitative estimate of drug-likeness (QED) is 0.132. The molecule has 0 fully saturated rings. The summed E-state index contributed by atoms with van der Waals surface area (Å²) in [6.07, 6.45) is 0. The van der Waals surface area contributed by atoms with Crippen molar-refractivity contribution >= 4 is 73.2 Å². The van der Waals surface area contributed by atoms with Crippen LogP contribution in [-0.4, -0.2) is 15.8 Å². The van der Waals surface area contributed by atoms with Gasteiger partial charge < -0.3 is 5.32 Å². The van der Waals surface area contributed by atoms with Crippen LogP contribution in [-0.2, 0) is 5.75 Å². The molecule has 1 N–H and O–H groups in total. The van der Waals surface area contributed by atoms with E-state index in [-0.39, 0.29) is 11.3 Å². The van der Waals surface area contributed by atoms with Crippen molar-refractivity contribution in [3.63, 3.8) is 0 Å². The smallest absolute Gasteiger partial charge is 0.282 e. The maximum atomic E-state index is 12.5. The molecule has 4 rings (SSSR count). The predicted molar refractivity (Wildman–Crippen MR) is 129 cm³/mol. The number of fused-ring (bicyclic) bond motifs is 1. The first kappa shape index (κ1) is 20.8. The molecule has 0 spiro atoms. The summed E-state index contributed by atoms with van der Waals surface area (Å²) in [5.41, 5.74) is 2.47. The van der Waals surface area contributed by atoms with Gasteiger partial charge in [0.25, 0.3) is 11.6 Å². The Balaban J connectivity index is 1.49. The van der Waals surface area contributed by atoms with Gasteiger partial charge in [-0.05, 0) is 64.6 Å². The van der Waals surface area contributed by atoms with E-state index < -0.39 is 10.8 Å². The van der Waals surface area contributed by atoms with Crippen molar-refractivity contribution in [3.8, 4) is 0 Å². The molecule has 30 heavy (non-hydrogen) atoms. The van der Waals surface area contributed by atoms with Gasteiger partial charge in [-0.2, -0.15) is 0 Å². The molecule has 0 radical (unpaired) electrons. The summed E-state index contributed by atoms with van der Waals surface area (Å²) in [4.78, 5) is 27.8. The number of thiazole rings is 1. The summed E-state index contributed by atoms with van der Waals surface area (Å²) in [5.74, 6) is 0.317.